The van der Waals surface area contributed by atoms with Crippen LogP contribution < -0.4 is 15.8 Å². The fourth-order valence-electron chi connectivity index (χ4n) is 1.76. The molecule has 0 saturated heterocycles. The van der Waals surface area contributed by atoms with Gasteiger partial charge in [0, 0.05) is 18.3 Å². The predicted octanol–water partition coefficient (Wildman–Crippen LogP) is 2.69. The number of benzene rings is 1. The Hall–Kier alpha value is -1.36. The number of nitrogens with one attached hydrogen (secondary N) is 1. The molecule has 0 aliphatic carbocycles. The van der Waals surface area contributed by atoms with Crippen molar-refractivity contribution in [3.8, 4) is 5.75 Å². The number of carbonyl (C=O) groups is 1. The summed E-state index contributed by atoms with van der Waals surface area (Å²) < 4.78 is 5.36. The zero-order valence-electron chi connectivity index (χ0n) is 12.1. The van der Waals surface area contributed by atoms with Crippen molar-refractivity contribution in [1.29, 1.82) is 0 Å². The van der Waals surface area contributed by atoms with Crippen molar-refractivity contribution in [1.82, 2.24) is 5.32 Å². The molecule has 0 bridgehead atoms. The zero-order valence-corrected chi connectivity index (χ0v) is 12.9. The van der Waals surface area contributed by atoms with Crippen molar-refractivity contribution in [2.45, 2.75) is 25.7 Å². The highest BCUT2D eigenvalue weighted by Gasteiger charge is 2.02. The van der Waals surface area contributed by atoms with E-state index in [-0.39, 0.29) is 12.5 Å². The van der Waals surface area contributed by atoms with Crippen LogP contribution in [0.25, 0.3) is 0 Å². The summed E-state index contributed by atoms with van der Waals surface area (Å²) in [6.45, 7) is 0.758. The molecule has 0 saturated carbocycles. The lowest BCUT2D eigenvalue weighted by Gasteiger charge is -2.08. The van der Waals surface area contributed by atoms with Gasteiger partial charge in [-0.05, 0) is 37.0 Å². The van der Waals surface area contributed by atoms with Gasteiger partial charge < -0.3 is 15.8 Å². The van der Waals surface area contributed by atoms with Crippen molar-refractivity contribution in [2.75, 3.05) is 30.9 Å². The van der Waals surface area contributed by atoms with Gasteiger partial charge >= 0.3 is 0 Å². The van der Waals surface area contributed by atoms with E-state index in [4.69, 9.17) is 10.5 Å². The summed E-state index contributed by atoms with van der Waals surface area (Å²) in [5, 5.41) is 2.86. The Bertz CT molecular complexity index is 399. The van der Waals surface area contributed by atoms with Crippen LogP contribution in [-0.4, -0.2) is 31.1 Å². The molecule has 4 nitrogen and oxygen atoms in total. The Balaban J connectivity index is 2.03. The Morgan fingerprint density at radius 2 is 2.10 bits per heavy atom. The fourth-order valence-corrected chi connectivity index (χ4v) is 2.25. The van der Waals surface area contributed by atoms with Crippen LogP contribution in [0.4, 0.5) is 5.69 Å². The molecular formula is C15H24N2O2S. The van der Waals surface area contributed by atoms with Crippen molar-refractivity contribution in [2.24, 2.45) is 0 Å². The second-order valence-electron chi connectivity index (χ2n) is 4.62. The van der Waals surface area contributed by atoms with E-state index in [1.54, 1.807) is 24.3 Å². The summed E-state index contributed by atoms with van der Waals surface area (Å²) in [6, 6.07) is 7.08. The monoisotopic (exact) mass is 296 g/mol. The predicted molar refractivity (Wildman–Crippen MR) is 86.2 cm³/mol. The second kappa shape index (κ2) is 10.4. The quantitative estimate of drug-likeness (QED) is 0.515. The van der Waals surface area contributed by atoms with Gasteiger partial charge in [0.15, 0.2) is 6.61 Å². The molecule has 0 fully saturated rings. The highest BCUT2D eigenvalue weighted by Crippen LogP contribution is 2.13. The summed E-state index contributed by atoms with van der Waals surface area (Å²) in [5.74, 6) is 1.76. The van der Waals surface area contributed by atoms with Crippen LogP contribution in [0.5, 0.6) is 5.75 Å². The molecule has 1 aromatic rings. The summed E-state index contributed by atoms with van der Waals surface area (Å²) in [6.07, 6.45) is 6.81. The molecule has 20 heavy (non-hydrogen) atoms. The summed E-state index contributed by atoms with van der Waals surface area (Å²) in [4.78, 5) is 11.6. The molecule has 0 atom stereocenters. The van der Waals surface area contributed by atoms with E-state index >= 15 is 0 Å². The van der Waals surface area contributed by atoms with Gasteiger partial charge in [-0.25, -0.2) is 0 Å². The lowest BCUT2D eigenvalue weighted by molar-refractivity contribution is -0.123. The van der Waals surface area contributed by atoms with Crippen molar-refractivity contribution in [3.63, 3.8) is 0 Å². The highest BCUT2D eigenvalue weighted by molar-refractivity contribution is 7.98. The van der Waals surface area contributed by atoms with Crippen LogP contribution in [0.2, 0.25) is 0 Å². The molecule has 0 unspecified atom stereocenters. The van der Waals surface area contributed by atoms with E-state index in [0.29, 0.717) is 11.4 Å². The number of unbranched alkanes of at least 4 members (excludes halogenated alkanes) is 3. The van der Waals surface area contributed by atoms with Crippen LogP contribution in [0.3, 0.4) is 0 Å². The molecular weight excluding hydrogens is 272 g/mol. The van der Waals surface area contributed by atoms with E-state index in [0.717, 1.165) is 19.4 Å². The minimum atomic E-state index is -0.0865. The Morgan fingerprint density at radius 1 is 1.30 bits per heavy atom. The van der Waals surface area contributed by atoms with Gasteiger partial charge in [0.1, 0.15) is 5.75 Å². The molecule has 1 amide bonds. The molecule has 0 aliphatic heterocycles. The number of thioether (sulfide) groups is 1. The van der Waals surface area contributed by atoms with E-state index in [1.165, 1.54) is 18.6 Å². The molecule has 1 aromatic carbocycles. The smallest absolute Gasteiger partial charge is 0.257 e. The molecule has 0 radical (unpaired) electrons. The minimum Gasteiger partial charge on any atom is -0.484 e. The van der Waals surface area contributed by atoms with Gasteiger partial charge in [0.05, 0.1) is 0 Å². The minimum absolute atomic E-state index is 0.0376. The molecule has 5 heteroatoms. The maximum Gasteiger partial charge on any atom is 0.257 e. The number of carbonyl (C=O) groups excluding carboxylic acids is 1. The standard InChI is InChI=1S/C15H24N2O2S/c1-20-10-5-3-2-4-9-17-15(18)12-19-14-8-6-7-13(16)11-14/h6-8,11H,2-5,9-10,12,16H2,1H3,(H,17,18). The number of rotatable bonds is 10. The van der Waals surface area contributed by atoms with Crippen LogP contribution in [-0.2, 0) is 4.79 Å². The van der Waals surface area contributed by atoms with Gasteiger partial charge in [0.2, 0.25) is 0 Å². The number of anilines is 1. The van der Waals surface area contributed by atoms with Crippen LogP contribution in [0, 0.1) is 0 Å². The molecule has 0 spiro atoms. The molecule has 3 N–H and O–H groups in total. The molecule has 0 heterocycles. The van der Waals surface area contributed by atoms with Crippen molar-refractivity contribution < 1.29 is 9.53 Å². The lowest BCUT2D eigenvalue weighted by atomic mass is 10.2. The molecule has 1 rings (SSSR count). The number of ether oxygens (including phenoxy) is 1. The third kappa shape index (κ3) is 7.94. The summed E-state index contributed by atoms with van der Waals surface area (Å²) >= 11 is 1.88. The van der Waals surface area contributed by atoms with Gasteiger partial charge in [-0.15, -0.1) is 0 Å². The Labute approximate surface area is 125 Å². The maximum absolute atomic E-state index is 11.6. The average Bonchev–Trinajstić information content (AvgIpc) is 2.44. The fraction of sp³-hybridized carbons (Fsp3) is 0.533. The SMILES string of the molecule is CSCCCCCCNC(=O)COc1cccc(N)c1. The van der Waals surface area contributed by atoms with Crippen molar-refractivity contribution in [3.05, 3.63) is 24.3 Å². The normalized spacial score (nSPS) is 10.2. The number of hydrogen-bond acceptors (Lipinski definition) is 4. The lowest BCUT2D eigenvalue weighted by Crippen LogP contribution is -2.29. The number of hydrogen-bond donors (Lipinski definition) is 2. The highest BCUT2D eigenvalue weighted by atomic mass is 32.2. The van der Waals surface area contributed by atoms with E-state index in [1.807, 2.05) is 11.8 Å². The Kier molecular flexibility index (Phi) is 8.71. The van der Waals surface area contributed by atoms with Crippen molar-refractivity contribution >= 4 is 23.4 Å². The largest absolute Gasteiger partial charge is 0.484 e. The number of nitrogens with two attached hydrogens (primary N) is 1. The third-order valence-corrected chi connectivity index (χ3v) is 3.52. The third-order valence-electron chi connectivity index (χ3n) is 2.83. The number of amides is 1. The second-order valence-corrected chi connectivity index (χ2v) is 5.60. The van der Waals surface area contributed by atoms with Gasteiger partial charge in [0.25, 0.3) is 5.91 Å². The number of nitrogen functional groups attached to an aromatic ring is 1. The average molecular weight is 296 g/mol. The maximum atomic E-state index is 11.6. The van der Waals surface area contributed by atoms with E-state index in [2.05, 4.69) is 11.6 Å². The van der Waals surface area contributed by atoms with E-state index in [9.17, 15) is 4.79 Å². The van der Waals surface area contributed by atoms with Gasteiger partial charge in [-0.3, -0.25) is 4.79 Å². The summed E-state index contributed by atoms with van der Waals surface area (Å²) in [7, 11) is 0. The zero-order chi connectivity index (χ0) is 14.6. The Morgan fingerprint density at radius 3 is 2.85 bits per heavy atom. The molecule has 0 aliphatic rings. The van der Waals surface area contributed by atoms with Crippen LogP contribution >= 0.6 is 11.8 Å². The molecule has 112 valence electrons. The topological polar surface area (TPSA) is 64.3 Å². The van der Waals surface area contributed by atoms with E-state index < -0.39 is 0 Å². The first-order chi connectivity index (χ1) is 9.72. The van der Waals surface area contributed by atoms with Gasteiger partial charge in [-0.2, -0.15) is 11.8 Å². The van der Waals surface area contributed by atoms with Crippen LogP contribution in [0.1, 0.15) is 25.7 Å². The van der Waals surface area contributed by atoms with Crippen LogP contribution in [0.15, 0.2) is 24.3 Å². The first-order valence-corrected chi connectivity index (χ1v) is 8.35. The molecule has 0 aromatic heterocycles. The summed E-state index contributed by atoms with van der Waals surface area (Å²) in [5.41, 5.74) is 6.26. The first-order valence-electron chi connectivity index (χ1n) is 6.96. The first kappa shape index (κ1) is 16.7. The van der Waals surface area contributed by atoms with Gasteiger partial charge in [-0.1, -0.05) is 18.9 Å².